The molecule has 3 aromatic rings. The zero-order valence-corrected chi connectivity index (χ0v) is 17.2. The minimum Gasteiger partial charge on any atom is -0.383 e. The number of methoxy groups -OCH3 is 1. The van der Waals surface area contributed by atoms with Crippen LogP contribution in [0.2, 0.25) is 0 Å². The van der Waals surface area contributed by atoms with E-state index in [9.17, 15) is 4.39 Å². The quantitative estimate of drug-likeness (QED) is 0.568. The van der Waals surface area contributed by atoms with E-state index >= 15 is 0 Å². The summed E-state index contributed by atoms with van der Waals surface area (Å²) in [6.07, 6.45) is 0. The van der Waals surface area contributed by atoms with E-state index in [1.807, 2.05) is 18.2 Å². The Bertz CT molecular complexity index is 909. The van der Waals surface area contributed by atoms with E-state index in [1.54, 1.807) is 11.8 Å². The van der Waals surface area contributed by atoms with Gasteiger partial charge in [-0.2, -0.15) is 0 Å². The normalized spacial score (nSPS) is 16.6. The van der Waals surface area contributed by atoms with E-state index in [-0.39, 0.29) is 11.9 Å². The highest BCUT2D eigenvalue weighted by molar-refractivity contribution is 5.25. The molecular formula is C22H27FN6O. The lowest BCUT2D eigenvalue weighted by atomic mass is 10.0. The molecule has 0 unspecified atom stereocenters. The Kier molecular flexibility index (Phi) is 6.78. The van der Waals surface area contributed by atoms with Crippen molar-refractivity contribution in [3.8, 4) is 0 Å². The summed E-state index contributed by atoms with van der Waals surface area (Å²) in [6.45, 7) is 5.71. The third-order valence-corrected chi connectivity index (χ3v) is 5.52. The second kappa shape index (κ2) is 9.88. The number of nitrogens with zero attached hydrogens (tertiary/aromatic N) is 6. The third-order valence-electron chi connectivity index (χ3n) is 5.52. The van der Waals surface area contributed by atoms with Gasteiger partial charge in [-0.15, -0.1) is 5.10 Å². The highest BCUT2D eigenvalue weighted by atomic mass is 19.1. The lowest BCUT2D eigenvalue weighted by molar-refractivity contribution is 0.0988. The number of aromatic nitrogens is 4. The number of benzene rings is 2. The van der Waals surface area contributed by atoms with Gasteiger partial charge in [-0.3, -0.25) is 9.80 Å². The molecule has 30 heavy (non-hydrogen) atoms. The maximum absolute atomic E-state index is 13.6. The lowest BCUT2D eigenvalue weighted by Gasteiger charge is -2.39. The molecule has 0 amide bonds. The molecule has 0 spiro atoms. The van der Waals surface area contributed by atoms with E-state index in [0.717, 1.165) is 44.1 Å². The van der Waals surface area contributed by atoms with Gasteiger partial charge < -0.3 is 4.74 Å². The highest BCUT2D eigenvalue weighted by Gasteiger charge is 2.30. The van der Waals surface area contributed by atoms with E-state index < -0.39 is 0 Å². The summed E-state index contributed by atoms with van der Waals surface area (Å²) in [4.78, 5) is 4.84. The van der Waals surface area contributed by atoms with E-state index in [4.69, 9.17) is 4.74 Å². The van der Waals surface area contributed by atoms with Gasteiger partial charge in [0, 0.05) is 39.8 Å². The minimum absolute atomic E-state index is 0.128. The van der Waals surface area contributed by atoms with Gasteiger partial charge in [0.05, 0.1) is 19.2 Å². The molecule has 158 valence electrons. The van der Waals surface area contributed by atoms with Gasteiger partial charge in [0.25, 0.3) is 0 Å². The Morgan fingerprint density at radius 3 is 2.43 bits per heavy atom. The standard InChI is InChI=1S/C22H27FN6O/c1-30-16-15-29-22(24-25-26-29)21(19-7-9-20(23)10-8-19)28-13-11-27(12-14-28)17-18-5-3-2-4-6-18/h2-10,21H,11-17H2,1H3/t21-/m1/s1. The van der Waals surface area contributed by atoms with Crippen LogP contribution in [0.15, 0.2) is 54.6 Å². The summed E-state index contributed by atoms with van der Waals surface area (Å²) in [6, 6.07) is 17.0. The average Bonchev–Trinajstić information content (AvgIpc) is 3.24. The van der Waals surface area contributed by atoms with Crippen molar-refractivity contribution in [2.75, 3.05) is 39.9 Å². The Hall–Kier alpha value is -2.68. The van der Waals surface area contributed by atoms with Crippen LogP contribution in [0.25, 0.3) is 0 Å². The first-order valence-corrected chi connectivity index (χ1v) is 10.3. The molecule has 2 aromatic carbocycles. The van der Waals surface area contributed by atoms with Crippen LogP contribution in [0.4, 0.5) is 4.39 Å². The molecule has 1 aromatic heterocycles. The molecule has 0 N–H and O–H groups in total. The monoisotopic (exact) mass is 410 g/mol. The average molecular weight is 410 g/mol. The topological polar surface area (TPSA) is 59.3 Å². The fraction of sp³-hybridized carbons (Fsp3) is 0.409. The van der Waals surface area contributed by atoms with Crippen LogP contribution in [0.5, 0.6) is 0 Å². The molecule has 4 rings (SSSR count). The van der Waals surface area contributed by atoms with Crippen LogP contribution < -0.4 is 0 Å². The van der Waals surface area contributed by atoms with Crippen molar-refractivity contribution >= 4 is 0 Å². The molecule has 8 heteroatoms. The number of hydrogen-bond acceptors (Lipinski definition) is 6. The first-order valence-electron chi connectivity index (χ1n) is 10.3. The third kappa shape index (κ3) is 4.89. The highest BCUT2D eigenvalue weighted by Crippen LogP contribution is 2.28. The van der Waals surface area contributed by atoms with Crippen molar-refractivity contribution in [3.63, 3.8) is 0 Å². The summed E-state index contributed by atoms with van der Waals surface area (Å²) >= 11 is 0. The second-order valence-corrected chi connectivity index (χ2v) is 7.50. The maximum atomic E-state index is 13.6. The van der Waals surface area contributed by atoms with Crippen LogP contribution in [0.1, 0.15) is 23.0 Å². The van der Waals surface area contributed by atoms with Crippen molar-refractivity contribution in [3.05, 3.63) is 77.4 Å². The zero-order chi connectivity index (χ0) is 20.8. The minimum atomic E-state index is -0.246. The van der Waals surface area contributed by atoms with Crippen LogP contribution in [0, 0.1) is 5.82 Å². The number of hydrogen-bond donors (Lipinski definition) is 0. The summed E-state index contributed by atoms with van der Waals surface area (Å²) in [5.74, 6) is 0.513. The first-order chi connectivity index (χ1) is 14.7. The molecule has 1 saturated heterocycles. The molecule has 0 bridgehead atoms. The van der Waals surface area contributed by atoms with Gasteiger partial charge in [-0.25, -0.2) is 9.07 Å². The Balaban J connectivity index is 1.52. The van der Waals surface area contributed by atoms with Crippen molar-refractivity contribution in [2.45, 2.75) is 19.1 Å². The molecule has 1 aliphatic heterocycles. The number of halogens is 1. The van der Waals surface area contributed by atoms with Crippen LogP contribution in [0.3, 0.4) is 0 Å². The lowest BCUT2D eigenvalue weighted by Crippen LogP contribution is -2.48. The largest absolute Gasteiger partial charge is 0.383 e. The van der Waals surface area contributed by atoms with Gasteiger partial charge >= 0.3 is 0 Å². The summed E-state index contributed by atoms with van der Waals surface area (Å²) in [5.41, 5.74) is 2.31. The van der Waals surface area contributed by atoms with E-state index in [2.05, 4.69) is 49.6 Å². The van der Waals surface area contributed by atoms with Gasteiger partial charge in [-0.05, 0) is 33.7 Å². The molecule has 7 nitrogen and oxygen atoms in total. The van der Waals surface area contributed by atoms with Crippen LogP contribution >= 0.6 is 0 Å². The summed E-state index contributed by atoms with van der Waals surface area (Å²) in [5, 5.41) is 12.4. The van der Waals surface area contributed by atoms with Gasteiger partial charge in [-0.1, -0.05) is 42.5 Å². The number of ether oxygens (including phenoxy) is 1. The van der Waals surface area contributed by atoms with Crippen molar-refractivity contribution in [1.29, 1.82) is 0 Å². The van der Waals surface area contributed by atoms with Gasteiger partial charge in [0.15, 0.2) is 5.82 Å². The van der Waals surface area contributed by atoms with Gasteiger partial charge in [0.2, 0.25) is 0 Å². The molecular weight excluding hydrogens is 383 g/mol. The van der Waals surface area contributed by atoms with Crippen molar-refractivity contribution in [2.24, 2.45) is 0 Å². The predicted molar refractivity (Wildman–Crippen MR) is 111 cm³/mol. The smallest absolute Gasteiger partial charge is 0.173 e. The second-order valence-electron chi connectivity index (χ2n) is 7.50. The molecule has 1 atom stereocenters. The van der Waals surface area contributed by atoms with E-state index in [0.29, 0.717) is 13.2 Å². The number of tetrazole rings is 1. The summed E-state index contributed by atoms with van der Waals surface area (Å²) in [7, 11) is 1.66. The van der Waals surface area contributed by atoms with E-state index in [1.165, 1.54) is 17.7 Å². The Labute approximate surface area is 176 Å². The fourth-order valence-electron chi connectivity index (χ4n) is 3.93. The molecule has 2 heterocycles. The first kappa shape index (κ1) is 20.6. The maximum Gasteiger partial charge on any atom is 0.173 e. The van der Waals surface area contributed by atoms with Gasteiger partial charge in [0.1, 0.15) is 5.82 Å². The number of rotatable bonds is 8. The predicted octanol–water partition coefficient (Wildman–Crippen LogP) is 2.37. The number of piperazine rings is 1. The fourth-order valence-corrected chi connectivity index (χ4v) is 3.93. The Morgan fingerprint density at radius 1 is 1.00 bits per heavy atom. The van der Waals surface area contributed by atoms with Crippen LogP contribution in [-0.2, 0) is 17.8 Å². The molecule has 1 fully saturated rings. The molecule has 0 radical (unpaired) electrons. The summed E-state index contributed by atoms with van der Waals surface area (Å²) < 4.78 is 20.5. The van der Waals surface area contributed by atoms with Crippen molar-refractivity contribution in [1.82, 2.24) is 30.0 Å². The van der Waals surface area contributed by atoms with Crippen LogP contribution in [-0.4, -0.2) is 69.9 Å². The van der Waals surface area contributed by atoms with Crippen molar-refractivity contribution < 1.29 is 9.13 Å². The zero-order valence-electron chi connectivity index (χ0n) is 17.2. The SMILES string of the molecule is COCCn1nnnc1[C@@H](c1ccc(F)cc1)N1CCN(Cc2ccccc2)CC1. The molecule has 1 aliphatic rings. The Morgan fingerprint density at radius 2 is 1.73 bits per heavy atom. The molecule has 0 saturated carbocycles. The molecule has 0 aliphatic carbocycles.